The Morgan fingerprint density at radius 3 is 1.97 bits per heavy atom. The van der Waals surface area contributed by atoms with Crippen molar-refractivity contribution in [1.82, 2.24) is 4.90 Å². The molecule has 0 aliphatic carbocycles. The van der Waals surface area contributed by atoms with E-state index >= 15 is 0 Å². The summed E-state index contributed by atoms with van der Waals surface area (Å²) in [4.78, 5) is 2.98. The molecule has 0 radical (unpaired) electrons. The minimum absolute atomic E-state index is 0.228. The number of sulfone groups is 1. The van der Waals surface area contributed by atoms with Gasteiger partial charge in [-0.05, 0) is 87.3 Å². The van der Waals surface area contributed by atoms with E-state index < -0.39 is 15.1 Å². The molecule has 0 amide bonds. The van der Waals surface area contributed by atoms with Crippen molar-refractivity contribution in [2.45, 2.75) is 54.6 Å². The molecule has 1 fully saturated rings. The zero-order chi connectivity index (χ0) is 23.1. The molecule has 1 saturated heterocycles. The van der Waals surface area contributed by atoms with Gasteiger partial charge in [-0.3, -0.25) is 0 Å². The molecule has 0 aromatic heterocycles. The van der Waals surface area contributed by atoms with Gasteiger partial charge in [-0.1, -0.05) is 78.9 Å². The van der Waals surface area contributed by atoms with Crippen LogP contribution in [-0.4, -0.2) is 38.2 Å². The lowest BCUT2D eigenvalue weighted by Gasteiger charge is -2.33. The van der Waals surface area contributed by atoms with Crippen LogP contribution in [0, 0.1) is 0 Å². The van der Waals surface area contributed by atoms with Gasteiger partial charge in [-0.2, -0.15) is 0 Å². The van der Waals surface area contributed by atoms with Crippen molar-refractivity contribution in [2.24, 2.45) is 0 Å². The molecule has 2 unspecified atom stereocenters. The Kier molecular flexibility index (Phi) is 8.00. The molecule has 1 aliphatic rings. The minimum atomic E-state index is -3.34. The largest absolute Gasteiger partial charge is 0.303 e. The smallest absolute Gasteiger partial charge is 0.180 e. The van der Waals surface area contributed by atoms with Crippen LogP contribution in [0.25, 0.3) is 0 Å². The summed E-state index contributed by atoms with van der Waals surface area (Å²) < 4.78 is 26.3. The highest BCUT2D eigenvalue weighted by Crippen LogP contribution is 2.32. The van der Waals surface area contributed by atoms with E-state index in [9.17, 15) is 8.42 Å². The third-order valence-corrected chi connectivity index (χ3v) is 9.32. The van der Waals surface area contributed by atoms with E-state index in [1.54, 1.807) is 24.3 Å². The summed E-state index contributed by atoms with van der Waals surface area (Å²) in [5, 5.41) is -0.422. The zero-order valence-corrected chi connectivity index (χ0v) is 20.3. The summed E-state index contributed by atoms with van der Waals surface area (Å²) >= 11 is 0. The van der Waals surface area contributed by atoms with E-state index in [4.69, 9.17) is 0 Å². The van der Waals surface area contributed by atoms with Crippen LogP contribution in [0.2, 0.25) is 0 Å². The summed E-state index contributed by atoms with van der Waals surface area (Å²) in [5.41, 5.74) is 2.70. The Morgan fingerprint density at radius 2 is 1.36 bits per heavy atom. The van der Waals surface area contributed by atoms with E-state index in [0.717, 1.165) is 26.1 Å². The third-order valence-electron chi connectivity index (χ3n) is 7.14. The van der Waals surface area contributed by atoms with Gasteiger partial charge in [0.2, 0.25) is 0 Å². The van der Waals surface area contributed by atoms with E-state index in [1.165, 1.54) is 24.0 Å². The van der Waals surface area contributed by atoms with Crippen molar-refractivity contribution in [3.63, 3.8) is 0 Å². The second kappa shape index (κ2) is 11.1. The summed E-state index contributed by atoms with van der Waals surface area (Å²) in [7, 11) is -3.34. The fraction of sp³-hybridized carbons (Fsp3) is 0.379. The third kappa shape index (κ3) is 6.13. The monoisotopic (exact) mass is 461 g/mol. The molecule has 0 spiro atoms. The lowest BCUT2D eigenvalue weighted by molar-refractivity contribution is 0.204. The number of benzene rings is 3. The molecule has 4 rings (SSSR count). The summed E-state index contributed by atoms with van der Waals surface area (Å²) in [6.45, 7) is 5.10. The van der Waals surface area contributed by atoms with Crippen molar-refractivity contribution in [3.05, 3.63) is 102 Å². The highest BCUT2D eigenvalue weighted by molar-refractivity contribution is 7.92. The zero-order valence-electron chi connectivity index (χ0n) is 19.5. The van der Waals surface area contributed by atoms with Crippen LogP contribution in [-0.2, 0) is 9.84 Å². The van der Waals surface area contributed by atoms with Gasteiger partial charge in [0.1, 0.15) is 0 Å². The Balaban J connectivity index is 1.39. The average Bonchev–Trinajstić information content (AvgIpc) is 2.88. The lowest BCUT2D eigenvalue weighted by atomic mass is 9.88. The molecular weight excluding hydrogens is 426 g/mol. The van der Waals surface area contributed by atoms with Crippen LogP contribution in [0.5, 0.6) is 0 Å². The SMILES string of the molecule is CC(CC(CCN1CCC(c2ccccc2)CC1)c1ccccc1)S(=O)(=O)c1ccccc1. The summed E-state index contributed by atoms with van der Waals surface area (Å²) in [5.74, 6) is 0.884. The van der Waals surface area contributed by atoms with Gasteiger partial charge >= 0.3 is 0 Å². The Labute approximate surface area is 199 Å². The number of nitrogens with zero attached hydrogens (tertiary/aromatic N) is 1. The van der Waals surface area contributed by atoms with Gasteiger partial charge in [-0.25, -0.2) is 8.42 Å². The van der Waals surface area contributed by atoms with E-state index in [-0.39, 0.29) is 5.92 Å². The number of likely N-dealkylation sites (tertiary alicyclic amines) is 1. The molecule has 33 heavy (non-hydrogen) atoms. The molecular formula is C29H35NO2S. The van der Waals surface area contributed by atoms with Crippen LogP contribution in [0.4, 0.5) is 0 Å². The fourth-order valence-electron chi connectivity index (χ4n) is 5.07. The maximum absolute atomic E-state index is 13.2. The quantitative estimate of drug-likeness (QED) is 0.376. The van der Waals surface area contributed by atoms with Crippen LogP contribution in [0.1, 0.15) is 55.6 Å². The first kappa shape index (κ1) is 23.7. The lowest BCUT2D eigenvalue weighted by Crippen LogP contribution is -2.34. The summed E-state index contributed by atoms with van der Waals surface area (Å²) in [6, 6.07) is 30.2. The van der Waals surface area contributed by atoms with E-state index in [0.29, 0.717) is 17.2 Å². The van der Waals surface area contributed by atoms with Crippen molar-refractivity contribution in [3.8, 4) is 0 Å². The maximum Gasteiger partial charge on any atom is 0.180 e. The number of piperidine rings is 1. The second-order valence-electron chi connectivity index (χ2n) is 9.33. The summed E-state index contributed by atoms with van der Waals surface area (Å²) in [6.07, 6.45) is 4.01. The van der Waals surface area contributed by atoms with Crippen LogP contribution in [0.3, 0.4) is 0 Å². The Bertz CT molecular complexity index is 1080. The van der Waals surface area contributed by atoms with Gasteiger partial charge in [0, 0.05) is 0 Å². The van der Waals surface area contributed by atoms with Gasteiger partial charge < -0.3 is 4.90 Å². The van der Waals surface area contributed by atoms with Gasteiger partial charge in [-0.15, -0.1) is 0 Å². The van der Waals surface area contributed by atoms with E-state index in [2.05, 4.69) is 59.5 Å². The molecule has 0 saturated carbocycles. The average molecular weight is 462 g/mol. The van der Waals surface area contributed by atoms with Crippen molar-refractivity contribution in [2.75, 3.05) is 19.6 Å². The second-order valence-corrected chi connectivity index (χ2v) is 11.7. The highest BCUT2D eigenvalue weighted by atomic mass is 32.2. The van der Waals surface area contributed by atoms with Gasteiger partial charge in [0.15, 0.2) is 9.84 Å². The first-order chi connectivity index (χ1) is 16.0. The molecule has 3 aromatic carbocycles. The molecule has 0 bridgehead atoms. The molecule has 174 valence electrons. The molecule has 1 aliphatic heterocycles. The number of hydrogen-bond donors (Lipinski definition) is 0. The minimum Gasteiger partial charge on any atom is -0.303 e. The highest BCUT2D eigenvalue weighted by Gasteiger charge is 2.28. The standard InChI is InChI=1S/C29H35NO2S/c1-24(33(31,32)29-15-9-4-10-16-29)23-28(26-13-7-3-8-14-26)19-22-30-20-17-27(18-21-30)25-11-5-2-6-12-25/h2-16,24,27-28H,17-23H2,1H3. The van der Waals surface area contributed by atoms with Gasteiger partial charge in [0.05, 0.1) is 10.1 Å². The Hall–Kier alpha value is -2.43. The van der Waals surface area contributed by atoms with E-state index in [1.807, 2.05) is 19.1 Å². The molecule has 4 heteroatoms. The van der Waals surface area contributed by atoms with Crippen LogP contribution >= 0.6 is 0 Å². The molecule has 3 nitrogen and oxygen atoms in total. The Morgan fingerprint density at radius 1 is 0.818 bits per heavy atom. The fourth-order valence-corrected chi connectivity index (χ4v) is 6.56. The molecule has 1 heterocycles. The number of hydrogen-bond acceptors (Lipinski definition) is 3. The van der Waals surface area contributed by atoms with Crippen LogP contribution in [0.15, 0.2) is 95.9 Å². The van der Waals surface area contributed by atoms with Gasteiger partial charge in [0.25, 0.3) is 0 Å². The predicted octanol–water partition coefficient (Wildman–Crippen LogP) is 6.29. The van der Waals surface area contributed by atoms with Crippen molar-refractivity contribution >= 4 is 9.84 Å². The molecule has 0 N–H and O–H groups in total. The normalized spacial score (nSPS) is 17.5. The topological polar surface area (TPSA) is 37.4 Å². The number of rotatable bonds is 9. The molecule has 3 aromatic rings. The molecule has 2 atom stereocenters. The predicted molar refractivity (Wildman–Crippen MR) is 136 cm³/mol. The van der Waals surface area contributed by atoms with Crippen molar-refractivity contribution < 1.29 is 8.42 Å². The first-order valence-corrected chi connectivity index (χ1v) is 13.7. The first-order valence-electron chi connectivity index (χ1n) is 12.1. The van der Waals surface area contributed by atoms with Crippen LogP contribution < -0.4 is 0 Å². The van der Waals surface area contributed by atoms with Crippen molar-refractivity contribution in [1.29, 1.82) is 0 Å². The maximum atomic E-state index is 13.2.